The van der Waals surface area contributed by atoms with Gasteiger partial charge in [-0.05, 0) is 26.0 Å². The maximum absolute atomic E-state index is 13.5. The first-order chi connectivity index (χ1) is 9.00. The van der Waals surface area contributed by atoms with E-state index >= 15 is 0 Å². The highest BCUT2D eigenvalue weighted by molar-refractivity contribution is 5.97. The number of hydrogen-bond donors (Lipinski definition) is 2. The summed E-state index contributed by atoms with van der Waals surface area (Å²) in [6, 6.07) is 3.70. The van der Waals surface area contributed by atoms with Crippen LogP contribution in [0.4, 0.5) is 4.39 Å². The Balaban J connectivity index is 2.15. The summed E-state index contributed by atoms with van der Waals surface area (Å²) in [4.78, 5) is 11.8. The second-order valence-corrected chi connectivity index (χ2v) is 4.12. The summed E-state index contributed by atoms with van der Waals surface area (Å²) in [6.45, 7) is 3.63. The predicted octanol–water partition coefficient (Wildman–Crippen LogP) is 2.07. The van der Waals surface area contributed by atoms with Crippen molar-refractivity contribution in [2.24, 2.45) is 0 Å². The number of nitrogens with zero attached hydrogens (tertiary/aromatic N) is 1. The molecule has 2 N–H and O–H groups in total. The Hall–Kier alpha value is -2.37. The molecule has 0 spiro atoms. The third-order valence-corrected chi connectivity index (χ3v) is 2.83. The summed E-state index contributed by atoms with van der Waals surface area (Å²) < 4.78 is 18.4. The van der Waals surface area contributed by atoms with Crippen LogP contribution in [-0.4, -0.2) is 16.2 Å². The molecule has 6 heteroatoms. The van der Waals surface area contributed by atoms with Crippen molar-refractivity contribution in [2.45, 2.75) is 20.4 Å². The lowest BCUT2D eigenvalue weighted by Crippen LogP contribution is -2.24. The van der Waals surface area contributed by atoms with E-state index in [1.54, 1.807) is 13.8 Å². The zero-order valence-corrected chi connectivity index (χ0v) is 10.5. The molecule has 0 bridgehead atoms. The van der Waals surface area contributed by atoms with E-state index in [-0.39, 0.29) is 12.1 Å². The van der Waals surface area contributed by atoms with E-state index in [2.05, 4.69) is 10.5 Å². The van der Waals surface area contributed by atoms with Gasteiger partial charge in [-0.15, -0.1) is 0 Å². The highest BCUT2D eigenvalue weighted by Gasteiger charge is 2.17. The molecule has 0 aliphatic carbocycles. The number of aryl methyl sites for hydroxylation is 2. The highest BCUT2D eigenvalue weighted by atomic mass is 19.1. The van der Waals surface area contributed by atoms with Crippen molar-refractivity contribution in [1.29, 1.82) is 0 Å². The molecular weight excluding hydrogens is 251 g/mol. The molecule has 1 aromatic heterocycles. The van der Waals surface area contributed by atoms with Crippen LogP contribution in [0.1, 0.15) is 27.4 Å². The van der Waals surface area contributed by atoms with Crippen LogP contribution in [0.3, 0.4) is 0 Å². The summed E-state index contributed by atoms with van der Waals surface area (Å²) >= 11 is 0. The van der Waals surface area contributed by atoms with Gasteiger partial charge >= 0.3 is 0 Å². The molecule has 0 radical (unpaired) electrons. The van der Waals surface area contributed by atoms with E-state index in [0.717, 1.165) is 11.6 Å². The number of aromatic hydroxyl groups is 1. The van der Waals surface area contributed by atoms with Gasteiger partial charge in [0.2, 0.25) is 0 Å². The fourth-order valence-corrected chi connectivity index (χ4v) is 1.75. The van der Waals surface area contributed by atoms with Crippen molar-refractivity contribution < 1.29 is 18.8 Å². The second-order valence-electron chi connectivity index (χ2n) is 4.12. The largest absolute Gasteiger partial charge is 0.507 e. The topological polar surface area (TPSA) is 75.4 Å². The number of nitrogens with one attached hydrogen (secondary N) is 1. The van der Waals surface area contributed by atoms with E-state index < -0.39 is 17.5 Å². The number of carbonyl (C=O) groups excluding carboxylic acids is 1. The molecule has 100 valence electrons. The molecule has 2 aromatic rings. The molecule has 0 aliphatic rings. The zero-order chi connectivity index (χ0) is 14.0. The molecule has 5 nitrogen and oxygen atoms in total. The van der Waals surface area contributed by atoms with Gasteiger partial charge in [0.25, 0.3) is 5.91 Å². The van der Waals surface area contributed by atoms with Crippen molar-refractivity contribution in [1.82, 2.24) is 10.5 Å². The van der Waals surface area contributed by atoms with Crippen molar-refractivity contribution in [3.05, 3.63) is 46.6 Å². The maximum Gasteiger partial charge on any atom is 0.258 e. The molecular formula is C13H13FN2O3. The smallest absolute Gasteiger partial charge is 0.258 e. The summed E-state index contributed by atoms with van der Waals surface area (Å²) in [5, 5.41) is 15.8. The Bertz CT molecular complexity index is 583. The number of phenolic OH excluding ortho intramolecular Hbond substituents is 1. The Morgan fingerprint density at radius 3 is 2.79 bits per heavy atom. The van der Waals surface area contributed by atoms with Crippen LogP contribution >= 0.6 is 0 Å². The van der Waals surface area contributed by atoms with Gasteiger partial charge in [0.1, 0.15) is 22.9 Å². The van der Waals surface area contributed by atoms with Crippen LogP contribution in [0.15, 0.2) is 22.7 Å². The molecule has 2 rings (SSSR count). The minimum Gasteiger partial charge on any atom is -0.507 e. The monoisotopic (exact) mass is 264 g/mol. The molecule has 19 heavy (non-hydrogen) atoms. The SMILES string of the molecule is Cc1noc(C)c1CNC(=O)c1c(O)cccc1F. The number of hydrogen-bond acceptors (Lipinski definition) is 4. The second kappa shape index (κ2) is 5.09. The van der Waals surface area contributed by atoms with Crippen LogP contribution in [0.2, 0.25) is 0 Å². The molecule has 0 atom stereocenters. The van der Waals surface area contributed by atoms with E-state index in [1.807, 2.05) is 0 Å². The van der Waals surface area contributed by atoms with Gasteiger partial charge in [-0.3, -0.25) is 4.79 Å². The molecule has 1 aromatic carbocycles. The maximum atomic E-state index is 13.5. The van der Waals surface area contributed by atoms with Crippen molar-refractivity contribution in [3.8, 4) is 5.75 Å². The van der Waals surface area contributed by atoms with Gasteiger partial charge in [-0.25, -0.2) is 4.39 Å². The highest BCUT2D eigenvalue weighted by Crippen LogP contribution is 2.20. The first-order valence-electron chi connectivity index (χ1n) is 5.68. The molecule has 0 unspecified atom stereocenters. The summed E-state index contributed by atoms with van der Waals surface area (Å²) in [5.41, 5.74) is 1.04. The molecule has 1 heterocycles. The van der Waals surface area contributed by atoms with Gasteiger partial charge < -0.3 is 14.9 Å². The minimum absolute atomic E-state index is 0.160. The average molecular weight is 264 g/mol. The number of halogens is 1. The van der Waals surface area contributed by atoms with E-state index in [9.17, 15) is 14.3 Å². The van der Waals surface area contributed by atoms with Gasteiger partial charge in [-0.2, -0.15) is 0 Å². The molecule has 0 saturated heterocycles. The van der Waals surface area contributed by atoms with Crippen LogP contribution in [0.5, 0.6) is 5.75 Å². The third-order valence-electron chi connectivity index (χ3n) is 2.83. The number of amides is 1. The van der Waals surface area contributed by atoms with Crippen LogP contribution in [0, 0.1) is 19.7 Å². The van der Waals surface area contributed by atoms with Crippen molar-refractivity contribution in [3.63, 3.8) is 0 Å². The Labute approximate surface area is 109 Å². The Morgan fingerprint density at radius 2 is 2.21 bits per heavy atom. The number of aromatic nitrogens is 1. The molecule has 1 amide bonds. The summed E-state index contributed by atoms with van der Waals surface area (Å²) in [5.74, 6) is -1.25. The van der Waals surface area contributed by atoms with E-state index in [4.69, 9.17) is 4.52 Å². The standard InChI is InChI=1S/C13H13FN2O3/c1-7-9(8(2)19-16-7)6-15-13(18)12-10(14)4-3-5-11(12)17/h3-5,17H,6H2,1-2H3,(H,15,18). The van der Waals surface area contributed by atoms with E-state index in [1.165, 1.54) is 12.1 Å². The van der Waals surface area contributed by atoms with Crippen molar-refractivity contribution >= 4 is 5.91 Å². The van der Waals surface area contributed by atoms with Crippen molar-refractivity contribution in [2.75, 3.05) is 0 Å². The predicted molar refractivity (Wildman–Crippen MR) is 65.2 cm³/mol. The quantitative estimate of drug-likeness (QED) is 0.889. The third kappa shape index (κ3) is 2.57. The number of benzene rings is 1. The molecule has 0 saturated carbocycles. The van der Waals surface area contributed by atoms with Gasteiger partial charge in [0.05, 0.1) is 5.69 Å². The van der Waals surface area contributed by atoms with Gasteiger partial charge in [-0.1, -0.05) is 11.2 Å². The number of phenols is 1. The fraction of sp³-hybridized carbons (Fsp3) is 0.231. The van der Waals surface area contributed by atoms with E-state index in [0.29, 0.717) is 11.5 Å². The summed E-state index contributed by atoms with van der Waals surface area (Å²) in [6.07, 6.45) is 0. The zero-order valence-electron chi connectivity index (χ0n) is 10.5. The van der Waals surface area contributed by atoms with Crippen LogP contribution in [-0.2, 0) is 6.54 Å². The Morgan fingerprint density at radius 1 is 1.47 bits per heavy atom. The van der Waals surface area contributed by atoms with Gasteiger partial charge in [0.15, 0.2) is 0 Å². The lowest BCUT2D eigenvalue weighted by Gasteiger charge is -2.07. The first kappa shape index (κ1) is 13.1. The first-order valence-corrected chi connectivity index (χ1v) is 5.68. The summed E-state index contributed by atoms with van der Waals surface area (Å²) in [7, 11) is 0. The lowest BCUT2D eigenvalue weighted by molar-refractivity contribution is 0.0944. The molecule has 0 fully saturated rings. The normalized spacial score (nSPS) is 10.5. The van der Waals surface area contributed by atoms with Crippen LogP contribution < -0.4 is 5.32 Å². The molecule has 0 aliphatic heterocycles. The van der Waals surface area contributed by atoms with Crippen LogP contribution in [0.25, 0.3) is 0 Å². The average Bonchev–Trinajstić information content (AvgIpc) is 2.66. The fourth-order valence-electron chi connectivity index (χ4n) is 1.75. The minimum atomic E-state index is -0.767. The number of rotatable bonds is 3. The number of carbonyl (C=O) groups is 1. The lowest BCUT2D eigenvalue weighted by atomic mass is 10.1. The van der Waals surface area contributed by atoms with Gasteiger partial charge in [0, 0.05) is 12.1 Å². The Kier molecular flexibility index (Phi) is 3.50.